The van der Waals surface area contributed by atoms with Crippen LogP contribution in [-0.2, 0) is 0 Å². The number of halogens is 1. The Balaban J connectivity index is 2.75. The molecular weight excluding hydrogens is 198 g/mol. The monoisotopic (exact) mass is 211 g/mol. The first-order chi connectivity index (χ1) is 6.79. The van der Waals surface area contributed by atoms with Gasteiger partial charge in [0.15, 0.2) is 0 Å². The first-order valence-corrected chi connectivity index (χ1v) is 5.06. The van der Waals surface area contributed by atoms with E-state index >= 15 is 0 Å². The van der Waals surface area contributed by atoms with Crippen molar-refractivity contribution in [1.29, 1.82) is 5.41 Å². The smallest absolute Gasteiger partial charge is 0.139 e. The van der Waals surface area contributed by atoms with Crippen molar-refractivity contribution >= 4 is 23.5 Å². The van der Waals surface area contributed by atoms with E-state index in [9.17, 15) is 0 Å². The number of hydrogen-bond donors (Lipinski definition) is 2. The molecule has 0 radical (unpaired) electrons. The average Bonchev–Trinajstić information content (AvgIpc) is 2.18. The highest BCUT2D eigenvalue weighted by atomic mass is 35.5. The predicted molar refractivity (Wildman–Crippen MR) is 60.5 cm³/mol. The lowest BCUT2D eigenvalue weighted by molar-refractivity contribution is 0.834. The summed E-state index contributed by atoms with van der Waals surface area (Å²) in [4.78, 5) is 3.91. The average molecular weight is 212 g/mol. The molecule has 2 N–H and O–H groups in total. The van der Waals surface area contributed by atoms with Crippen molar-refractivity contribution in [2.24, 2.45) is 0 Å². The fourth-order valence-electron chi connectivity index (χ4n) is 1.14. The zero-order valence-corrected chi connectivity index (χ0v) is 8.93. The molecule has 0 aliphatic carbocycles. The molecule has 0 atom stereocenters. The van der Waals surface area contributed by atoms with Crippen LogP contribution in [0.25, 0.3) is 0 Å². The molecule has 0 amide bonds. The maximum Gasteiger partial charge on any atom is 0.139 e. The zero-order chi connectivity index (χ0) is 10.4. The van der Waals surface area contributed by atoms with Crippen LogP contribution in [0.3, 0.4) is 0 Å². The molecule has 14 heavy (non-hydrogen) atoms. The molecule has 0 saturated heterocycles. The largest absolute Gasteiger partial charge is 0.384 e. The minimum Gasteiger partial charge on any atom is -0.384 e. The van der Waals surface area contributed by atoms with Crippen molar-refractivity contribution in [3.63, 3.8) is 0 Å². The first kappa shape index (κ1) is 11.0. The Bertz CT molecular complexity index is 312. The van der Waals surface area contributed by atoms with E-state index in [1.807, 2.05) is 6.07 Å². The summed E-state index contributed by atoms with van der Waals surface area (Å²) in [6.07, 6.45) is 5.12. The highest BCUT2D eigenvalue weighted by Crippen LogP contribution is 2.19. The van der Waals surface area contributed by atoms with Crippen molar-refractivity contribution in [2.45, 2.75) is 19.8 Å². The van der Waals surface area contributed by atoms with Crippen LogP contribution in [0.4, 0.5) is 5.69 Å². The third-order valence-electron chi connectivity index (χ3n) is 1.93. The third kappa shape index (κ3) is 2.70. The lowest BCUT2D eigenvalue weighted by Crippen LogP contribution is -2.04. The third-order valence-corrected chi connectivity index (χ3v) is 2.23. The Labute approximate surface area is 89.0 Å². The molecule has 1 rings (SSSR count). The number of unbranched alkanes of at least 4 members (excludes halogenated alkanes) is 1. The standard InChI is InChI=1S/C10H14ClN3/c1-2-3-5-13-9-4-6-14-10(11)8(9)7-12/h4,6-7,12H,2-3,5H2,1H3,(H,13,14). The van der Waals surface area contributed by atoms with Gasteiger partial charge >= 0.3 is 0 Å². The maximum atomic E-state index is 7.22. The summed E-state index contributed by atoms with van der Waals surface area (Å²) >= 11 is 5.84. The van der Waals surface area contributed by atoms with Crippen molar-refractivity contribution in [2.75, 3.05) is 11.9 Å². The number of hydrogen-bond acceptors (Lipinski definition) is 3. The lowest BCUT2D eigenvalue weighted by Gasteiger charge is -2.08. The van der Waals surface area contributed by atoms with Crippen LogP contribution in [0.5, 0.6) is 0 Å². The van der Waals surface area contributed by atoms with Crippen LogP contribution in [0, 0.1) is 5.41 Å². The van der Waals surface area contributed by atoms with Gasteiger partial charge in [-0.15, -0.1) is 0 Å². The molecule has 0 aliphatic rings. The van der Waals surface area contributed by atoms with Gasteiger partial charge < -0.3 is 10.7 Å². The molecule has 0 aliphatic heterocycles. The summed E-state index contributed by atoms with van der Waals surface area (Å²) in [5.74, 6) is 0. The normalized spacial score (nSPS) is 9.86. The molecule has 1 aromatic heterocycles. The van der Waals surface area contributed by atoms with E-state index in [2.05, 4.69) is 17.2 Å². The second kappa shape index (κ2) is 5.60. The van der Waals surface area contributed by atoms with Gasteiger partial charge in [0.1, 0.15) is 5.15 Å². The number of aromatic nitrogens is 1. The van der Waals surface area contributed by atoms with Gasteiger partial charge in [0.25, 0.3) is 0 Å². The summed E-state index contributed by atoms with van der Waals surface area (Å²) in [6, 6.07) is 1.84. The maximum absolute atomic E-state index is 7.22. The molecule has 4 heteroatoms. The first-order valence-electron chi connectivity index (χ1n) is 4.68. The zero-order valence-electron chi connectivity index (χ0n) is 8.18. The molecule has 0 saturated carbocycles. The van der Waals surface area contributed by atoms with Crippen LogP contribution >= 0.6 is 11.6 Å². The van der Waals surface area contributed by atoms with Crippen molar-refractivity contribution < 1.29 is 0 Å². The van der Waals surface area contributed by atoms with E-state index in [0.717, 1.165) is 25.1 Å². The van der Waals surface area contributed by atoms with Gasteiger partial charge in [-0.05, 0) is 12.5 Å². The van der Waals surface area contributed by atoms with E-state index < -0.39 is 0 Å². The van der Waals surface area contributed by atoms with Gasteiger partial charge in [0.05, 0.1) is 5.56 Å². The Kier molecular flexibility index (Phi) is 4.40. The van der Waals surface area contributed by atoms with E-state index in [1.54, 1.807) is 6.20 Å². The van der Waals surface area contributed by atoms with Crippen LogP contribution in [0.15, 0.2) is 12.3 Å². The summed E-state index contributed by atoms with van der Waals surface area (Å²) < 4.78 is 0. The highest BCUT2D eigenvalue weighted by Gasteiger charge is 2.04. The number of nitrogens with one attached hydrogen (secondary N) is 2. The quantitative estimate of drug-likeness (QED) is 0.447. The van der Waals surface area contributed by atoms with E-state index in [4.69, 9.17) is 17.0 Å². The molecule has 1 aromatic rings. The SMILES string of the molecule is CCCCNc1ccnc(Cl)c1C=N. The molecule has 76 valence electrons. The summed E-state index contributed by atoms with van der Waals surface area (Å²) in [7, 11) is 0. The van der Waals surface area contributed by atoms with E-state index in [-0.39, 0.29) is 0 Å². The molecule has 0 unspecified atom stereocenters. The Morgan fingerprint density at radius 3 is 3.07 bits per heavy atom. The van der Waals surface area contributed by atoms with Crippen molar-refractivity contribution in [3.05, 3.63) is 23.0 Å². The van der Waals surface area contributed by atoms with Gasteiger partial charge in [-0.3, -0.25) is 0 Å². The summed E-state index contributed by atoms with van der Waals surface area (Å²) in [5.41, 5.74) is 1.54. The minimum atomic E-state index is 0.376. The summed E-state index contributed by atoms with van der Waals surface area (Å²) in [6.45, 7) is 3.04. The van der Waals surface area contributed by atoms with Crippen LogP contribution in [0.2, 0.25) is 5.15 Å². The molecule has 0 spiro atoms. The number of nitrogens with zero attached hydrogens (tertiary/aromatic N) is 1. The van der Waals surface area contributed by atoms with Gasteiger partial charge in [-0.2, -0.15) is 0 Å². The topological polar surface area (TPSA) is 48.8 Å². The lowest BCUT2D eigenvalue weighted by atomic mass is 10.2. The van der Waals surface area contributed by atoms with Crippen molar-refractivity contribution in [3.8, 4) is 0 Å². The predicted octanol–water partition coefficient (Wildman–Crippen LogP) is 2.94. The van der Waals surface area contributed by atoms with Gasteiger partial charge in [0, 0.05) is 24.6 Å². The molecule has 1 heterocycles. The molecule has 0 bridgehead atoms. The van der Waals surface area contributed by atoms with Crippen molar-refractivity contribution in [1.82, 2.24) is 4.98 Å². The van der Waals surface area contributed by atoms with Gasteiger partial charge in [0.2, 0.25) is 0 Å². The second-order valence-corrected chi connectivity index (χ2v) is 3.35. The van der Waals surface area contributed by atoms with E-state index in [0.29, 0.717) is 10.7 Å². The van der Waals surface area contributed by atoms with E-state index in [1.165, 1.54) is 6.21 Å². The van der Waals surface area contributed by atoms with Gasteiger partial charge in [-0.1, -0.05) is 24.9 Å². The van der Waals surface area contributed by atoms with Crippen LogP contribution in [0.1, 0.15) is 25.3 Å². The Morgan fingerprint density at radius 2 is 2.43 bits per heavy atom. The fourth-order valence-corrected chi connectivity index (χ4v) is 1.35. The number of rotatable bonds is 5. The minimum absolute atomic E-state index is 0.376. The van der Waals surface area contributed by atoms with Crippen LogP contribution in [-0.4, -0.2) is 17.7 Å². The highest BCUT2D eigenvalue weighted by molar-refractivity contribution is 6.32. The Morgan fingerprint density at radius 1 is 1.64 bits per heavy atom. The van der Waals surface area contributed by atoms with Gasteiger partial charge in [-0.25, -0.2) is 4.98 Å². The van der Waals surface area contributed by atoms with Crippen LogP contribution < -0.4 is 5.32 Å². The molecular formula is C10H14ClN3. The number of anilines is 1. The molecule has 0 aromatic carbocycles. The number of pyridine rings is 1. The Hall–Kier alpha value is -1.09. The molecule has 3 nitrogen and oxygen atoms in total. The second-order valence-electron chi connectivity index (χ2n) is 2.99. The molecule has 0 fully saturated rings. The summed E-state index contributed by atoms with van der Waals surface area (Å²) in [5, 5.41) is 10.8. The fraction of sp³-hybridized carbons (Fsp3) is 0.400.